The second kappa shape index (κ2) is 6.50. The van der Waals surface area contributed by atoms with Crippen LogP contribution in [0, 0.1) is 6.92 Å². The number of halogens is 3. The number of amides is 1. The van der Waals surface area contributed by atoms with Gasteiger partial charge in [-0.25, -0.2) is 0 Å². The van der Waals surface area contributed by atoms with E-state index in [0.717, 1.165) is 12.1 Å². The fourth-order valence-electron chi connectivity index (χ4n) is 1.73. The molecule has 1 aromatic carbocycles. The largest absolute Gasteiger partial charge is 0.416 e. The Hall–Kier alpha value is -2.51. The molecule has 0 aliphatic rings. The standard InChI is InChI=1S/C14H14F3N3O2/c1-9-8-12(20-22-9)19-13(21)6-7-18-11-4-2-10(3-5-11)14(15,16)17/h2-5,8,18H,6-7H2,1H3,(H,19,20,21). The van der Waals surface area contributed by atoms with E-state index in [1.165, 1.54) is 12.1 Å². The van der Waals surface area contributed by atoms with Gasteiger partial charge in [-0.15, -0.1) is 0 Å². The van der Waals surface area contributed by atoms with Gasteiger partial charge in [0.2, 0.25) is 5.91 Å². The number of nitrogens with one attached hydrogen (secondary N) is 2. The van der Waals surface area contributed by atoms with Crippen molar-refractivity contribution in [1.29, 1.82) is 0 Å². The molecule has 118 valence electrons. The Bertz CT molecular complexity index is 636. The third kappa shape index (κ3) is 4.51. The Labute approximate surface area is 124 Å². The molecule has 0 fully saturated rings. The van der Waals surface area contributed by atoms with Crippen molar-refractivity contribution in [1.82, 2.24) is 5.16 Å². The fourth-order valence-corrected chi connectivity index (χ4v) is 1.73. The first-order valence-electron chi connectivity index (χ1n) is 6.49. The minimum absolute atomic E-state index is 0.146. The van der Waals surface area contributed by atoms with Crippen LogP contribution in [0.15, 0.2) is 34.9 Å². The Morgan fingerprint density at radius 2 is 1.95 bits per heavy atom. The molecule has 8 heteroatoms. The number of hydrogen-bond acceptors (Lipinski definition) is 4. The number of aromatic nitrogens is 1. The molecule has 0 aliphatic heterocycles. The molecule has 0 saturated heterocycles. The quantitative estimate of drug-likeness (QED) is 0.887. The minimum Gasteiger partial charge on any atom is -0.385 e. The zero-order valence-electron chi connectivity index (χ0n) is 11.7. The lowest BCUT2D eigenvalue weighted by Crippen LogP contribution is -2.16. The van der Waals surface area contributed by atoms with E-state index in [9.17, 15) is 18.0 Å². The lowest BCUT2D eigenvalue weighted by atomic mass is 10.2. The molecule has 1 heterocycles. The van der Waals surface area contributed by atoms with E-state index in [0.29, 0.717) is 17.3 Å². The topological polar surface area (TPSA) is 67.2 Å². The van der Waals surface area contributed by atoms with E-state index in [2.05, 4.69) is 15.8 Å². The summed E-state index contributed by atoms with van der Waals surface area (Å²) in [6.45, 7) is 1.99. The molecule has 0 bridgehead atoms. The number of carbonyl (C=O) groups excluding carboxylic acids is 1. The van der Waals surface area contributed by atoms with Crippen LogP contribution >= 0.6 is 0 Å². The first-order valence-corrected chi connectivity index (χ1v) is 6.49. The highest BCUT2D eigenvalue weighted by molar-refractivity contribution is 5.89. The van der Waals surface area contributed by atoms with Gasteiger partial charge in [0.25, 0.3) is 0 Å². The van der Waals surface area contributed by atoms with Gasteiger partial charge < -0.3 is 15.2 Å². The van der Waals surface area contributed by atoms with Crippen LogP contribution in [0.25, 0.3) is 0 Å². The lowest BCUT2D eigenvalue weighted by Gasteiger charge is -2.09. The Morgan fingerprint density at radius 3 is 2.50 bits per heavy atom. The van der Waals surface area contributed by atoms with Gasteiger partial charge in [-0.2, -0.15) is 13.2 Å². The molecular weight excluding hydrogens is 299 g/mol. The van der Waals surface area contributed by atoms with Crippen molar-refractivity contribution in [3.8, 4) is 0 Å². The molecule has 0 saturated carbocycles. The van der Waals surface area contributed by atoms with E-state index in [4.69, 9.17) is 4.52 Å². The van der Waals surface area contributed by atoms with Crippen LogP contribution in [0.5, 0.6) is 0 Å². The summed E-state index contributed by atoms with van der Waals surface area (Å²) in [6, 6.07) is 6.20. The van der Waals surface area contributed by atoms with Crippen LogP contribution in [0.1, 0.15) is 17.7 Å². The number of hydrogen-bond donors (Lipinski definition) is 2. The smallest absolute Gasteiger partial charge is 0.385 e. The van der Waals surface area contributed by atoms with Crippen molar-refractivity contribution in [2.75, 3.05) is 17.2 Å². The Morgan fingerprint density at radius 1 is 1.27 bits per heavy atom. The summed E-state index contributed by atoms with van der Waals surface area (Å²) in [5, 5.41) is 9.04. The van der Waals surface area contributed by atoms with Crippen LogP contribution in [0.2, 0.25) is 0 Å². The van der Waals surface area contributed by atoms with Crippen LogP contribution in [-0.4, -0.2) is 17.6 Å². The van der Waals surface area contributed by atoms with E-state index in [1.807, 2.05) is 0 Å². The van der Waals surface area contributed by atoms with Gasteiger partial charge in [-0.1, -0.05) is 5.16 Å². The van der Waals surface area contributed by atoms with E-state index < -0.39 is 11.7 Å². The summed E-state index contributed by atoms with van der Waals surface area (Å²) in [5.74, 6) is 0.642. The zero-order valence-corrected chi connectivity index (χ0v) is 11.7. The van der Waals surface area contributed by atoms with Crippen molar-refractivity contribution >= 4 is 17.4 Å². The molecule has 0 atom stereocenters. The summed E-state index contributed by atoms with van der Waals surface area (Å²) in [5.41, 5.74) is -0.199. The third-order valence-electron chi connectivity index (χ3n) is 2.79. The molecule has 0 radical (unpaired) electrons. The summed E-state index contributed by atoms with van der Waals surface area (Å²) in [6.07, 6.45) is -4.21. The van der Waals surface area contributed by atoms with Gasteiger partial charge in [0.15, 0.2) is 5.82 Å². The molecule has 0 spiro atoms. The number of carbonyl (C=O) groups is 1. The van der Waals surface area contributed by atoms with E-state index >= 15 is 0 Å². The molecule has 1 amide bonds. The van der Waals surface area contributed by atoms with Gasteiger partial charge in [0.05, 0.1) is 5.56 Å². The first-order chi connectivity index (χ1) is 10.3. The van der Waals surface area contributed by atoms with Crippen LogP contribution in [-0.2, 0) is 11.0 Å². The van der Waals surface area contributed by atoms with Crippen LogP contribution in [0.3, 0.4) is 0 Å². The van der Waals surface area contributed by atoms with Crippen LogP contribution < -0.4 is 10.6 Å². The first kappa shape index (κ1) is 15.9. The molecule has 2 aromatic rings. The van der Waals surface area contributed by atoms with Gasteiger partial charge >= 0.3 is 6.18 Å². The monoisotopic (exact) mass is 313 g/mol. The maximum atomic E-state index is 12.4. The normalized spacial score (nSPS) is 11.3. The molecule has 2 rings (SSSR count). The summed E-state index contributed by atoms with van der Waals surface area (Å²) < 4.78 is 42.0. The van der Waals surface area contributed by atoms with E-state index in [1.54, 1.807) is 13.0 Å². The van der Waals surface area contributed by atoms with Crippen molar-refractivity contribution in [3.05, 3.63) is 41.7 Å². The second-order valence-electron chi connectivity index (χ2n) is 4.62. The summed E-state index contributed by atoms with van der Waals surface area (Å²) >= 11 is 0. The Balaban J connectivity index is 1.77. The average Bonchev–Trinajstić information content (AvgIpc) is 2.83. The molecular formula is C14H14F3N3O2. The van der Waals surface area contributed by atoms with Gasteiger partial charge in [0.1, 0.15) is 5.76 Å². The number of nitrogens with zero attached hydrogens (tertiary/aromatic N) is 1. The molecule has 5 nitrogen and oxygen atoms in total. The van der Waals surface area contributed by atoms with E-state index in [-0.39, 0.29) is 18.9 Å². The van der Waals surface area contributed by atoms with Crippen molar-refractivity contribution in [2.45, 2.75) is 19.5 Å². The molecule has 2 N–H and O–H groups in total. The third-order valence-corrected chi connectivity index (χ3v) is 2.79. The summed E-state index contributed by atoms with van der Waals surface area (Å²) in [4.78, 5) is 11.6. The molecule has 0 aliphatic carbocycles. The highest BCUT2D eigenvalue weighted by Gasteiger charge is 2.29. The number of anilines is 2. The lowest BCUT2D eigenvalue weighted by molar-refractivity contribution is -0.137. The minimum atomic E-state index is -4.35. The second-order valence-corrected chi connectivity index (χ2v) is 4.62. The SMILES string of the molecule is Cc1cc(NC(=O)CCNc2ccc(C(F)(F)F)cc2)no1. The number of aryl methyl sites for hydroxylation is 1. The predicted molar refractivity (Wildman–Crippen MR) is 74.4 cm³/mol. The fraction of sp³-hybridized carbons (Fsp3) is 0.286. The molecule has 1 aromatic heterocycles. The maximum absolute atomic E-state index is 12.4. The van der Waals surface area contributed by atoms with Gasteiger partial charge in [0, 0.05) is 24.7 Å². The van der Waals surface area contributed by atoms with Crippen LogP contribution in [0.4, 0.5) is 24.7 Å². The molecule has 22 heavy (non-hydrogen) atoms. The van der Waals surface area contributed by atoms with Gasteiger partial charge in [-0.05, 0) is 31.2 Å². The van der Waals surface area contributed by atoms with Crippen molar-refractivity contribution < 1.29 is 22.5 Å². The Kier molecular flexibility index (Phi) is 4.69. The van der Waals surface area contributed by atoms with Crippen molar-refractivity contribution in [2.24, 2.45) is 0 Å². The predicted octanol–water partition coefficient (Wildman–Crippen LogP) is 3.44. The summed E-state index contributed by atoms with van der Waals surface area (Å²) in [7, 11) is 0. The highest BCUT2D eigenvalue weighted by Crippen LogP contribution is 2.29. The highest BCUT2D eigenvalue weighted by atomic mass is 19.4. The number of benzene rings is 1. The molecule has 0 unspecified atom stereocenters. The number of rotatable bonds is 5. The maximum Gasteiger partial charge on any atom is 0.416 e. The average molecular weight is 313 g/mol. The van der Waals surface area contributed by atoms with Gasteiger partial charge in [-0.3, -0.25) is 4.79 Å². The zero-order chi connectivity index (χ0) is 16.2. The number of alkyl halides is 3. The van der Waals surface area contributed by atoms with Crippen molar-refractivity contribution in [3.63, 3.8) is 0 Å².